The molecule has 0 aliphatic carbocycles. The van der Waals surface area contributed by atoms with Crippen LogP contribution < -0.4 is 10.6 Å². The molecule has 0 atom stereocenters. The average molecular weight is 561 g/mol. The van der Waals surface area contributed by atoms with E-state index in [2.05, 4.69) is 20.4 Å². The lowest BCUT2D eigenvalue weighted by Gasteiger charge is -2.31. The molecule has 2 fully saturated rings. The normalized spacial score (nSPS) is 17.3. The summed E-state index contributed by atoms with van der Waals surface area (Å²) in [5, 5.41) is 15.2. The lowest BCUT2D eigenvalue weighted by molar-refractivity contribution is 0.0586. The van der Waals surface area contributed by atoms with Gasteiger partial charge in [-0.05, 0) is 68.5 Å². The number of piperidine rings is 2. The van der Waals surface area contributed by atoms with Crippen LogP contribution >= 0.6 is 0 Å². The Hall–Kier alpha value is -3.66. The van der Waals surface area contributed by atoms with Gasteiger partial charge in [-0.15, -0.1) is 0 Å². The molecule has 2 aliphatic heterocycles. The number of para-hydroxylation sites is 1. The van der Waals surface area contributed by atoms with Crippen molar-refractivity contribution < 1.29 is 23.8 Å². The maximum Gasteiger partial charge on any atom is 0.411 e. The number of carbonyl (C=O) groups is 2. The van der Waals surface area contributed by atoms with Crippen LogP contribution in [-0.2, 0) is 11.3 Å². The van der Waals surface area contributed by atoms with Crippen molar-refractivity contribution in [2.24, 2.45) is 5.92 Å². The van der Waals surface area contributed by atoms with Crippen LogP contribution in [0.15, 0.2) is 71.1 Å². The minimum absolute atomic E-state index is 0.138. The highest BCUT2D eigenvalue weighted by atomic mass is 16.6. The molecule has 3 aromatic rings. The van der Waals surface area contributed by atoms with Gasteiger partial charge in [0.2, 0.25) is 0 Å². The Morgan fingerprint density at radius 2 is 1.59 bits per heavy atom. The number of aliphatic hydroxyl groups excluding tert-OH is 1. The molecule has 41 heavy (non-hydrogen) atoms. The van der Waals surface area contributed by atoms with Crippen molar-refractivity contribution in [3.8, 4) is 11.1 Å². The predicted molar refractivity (Wildman–Crippen MR) is 158 cm³/mol. The molecule has 5 rings (SSSR count). The first-order valence-corrected chi connectivity index (χ1v) is 14.6. The molecule has 0 spiro atoms. The smallest absolute Gasteiger partial charge is 0.411 e. The third-order valence-electron chi connectivity index (χ3n) is 8.00. The summed E-state index contributed by atoms with van der Waals surface area (Å²) in [6.07, 6.45) is 2.90. The Labute approximate surface area is 241 Å². The molecule has 2 saturated heterocycles. The van der Waals surface area contributed by atoms with Crippen LogP contribution in [0, 0.1) is 5.92 Å². The molecule has 9 nitrogen and oxygen atoms in total. The van der Waals surface area contributed by atoms with Gasteiger partial charge in [-0.1, -0.05) is 48.5 Å². The first kappa shape index (κ1) is 28.9. The van der Waals surface area contributed by atoms with Gasteiger partial charge in [-0.2, -0.15) is 0 Å². The number of carbonyl (C=O) groups excluding carboxylic acids is 2. The van der Waals surface area contributed by atoms with E-state index in [4.69, 9.17) is 9.15 Å². The molecule has 3 heterocycles. The van der Waals surface area contributed by atoms with Crippen molar-refractivity contribution in [3.63, 3.8) is 0 Å². The maximum atomic E-state index is 12.7. The third-order valence-corrected chi connectivity index (χ3v) is 8.00. The summed E-state index contributed by atoms with van der Waals surface area (Å²) >= 11 is 0. The zero-order chi connectivity index (χ0) is 28.4. The topological polar surface area (TPSA) is 107 Å². The Morgan fingerprint density at radius 3 is 2.34 bits per heavy atom. The number of aliphatic hydroxyl groups is 1. The number of hydrogen-bond donors (Lipinski definition) is 3. The molecule has 1 aromatic heterocycles. The monoisotopic (exact) mass is 560 g/mol. The van der Waals surface area contributed by atoms with Gasteiger partial charge in [0.15, 0.2) is 5.76 Å². The van der Waals surface area contributed by atoms with Gasteiger partial charge < -0.3 is 24.5 Å². The van der Waals surface area contributed by atoms with Crippen LogP contribution in [0.25, 0.3) is 11.1 Å². The number of nitrogens with one attached hydrogen (secondary N) is 2. The highest BCUT2D eigenvalue weighted by Gasteiger charge is 2.23. The highest BCUT2D eigenvalue weighted by molar-refractivity contribution is 5.92. The van der Waals surface area contributed by atoms with Crippen molar-refractivity contribution >= 4 is 17.7 Å². The fourth-order valence-corrected chi connectivity index (χ4v) is 5.55. The Morgan fingerprint density at radius 1 is 0.878 bits per heavy atom. The van der Waals surface area contributed by atoms with Crippen LogP contribution in [0.3, 0.4) is 0 Å². The number of rotatable bonds is 10. The Bertz CT molecular complexity index is 1260. The zero-order valence-corrected chi connectivity index (χ0v) is 23.5. The van der Waals surface area contributed by atoms with E-state index >= 15 is 0 Å². The molecule has 9 heteroatoms. The van der Waals surface area contributed by atoms with E-state index in [0.29, 0.717) is 24.8 Å². The zero-order valence-electron chi connectivity index (χ0n) is 23.5. The first-order chi connectivity index (χ1) is 20.1. The SMILES string of the molecule is O=C(Nc1ccccc1-c1ccccc1)OC1CCN(CCNC(=O)c2ccc(CN3CCC(CO)CC3)o2)CC1. The summed E-state index contributed by atoms with van der Waals surface area (Å²) in [4.78, 5) is 29.8. The molecule has 0 radical (unpaired) electrons. The van der Waals surface area contributed by atoms with Gasteiger partial charge in [0.05, 0.1) is 12.2 Å². The quantitative estimate of drug-likeness (QED) is 0.333. The minimum atomic E-state index is -0.438. The number of likely N-dealkylation sites (tertiary alicyclic amines) is 2. The maximum absolute atomic E-state index is 12.7. The standard InChI is InChI=1S/C32H40N4O5/c37-23-24-12-17-36(18-13-24)22-27-10-11-30(40-27)31(38)33-16-21-35-19-14-26(15-20-35)41-32(39)34-29-9-5-4-8-28(29)25-6-2-1-3-7-25/h1-11,24,26,37H,12-23H2,(H,33,38)(H,34,39). The second kappa shape index (κ2) is 14.3. The van der Waals surface area contributed by atoms with Crippen LogP contribution in [0.5, 0.6) is 0 Å². The van der Waals surface area contributed by atoms with E-state index in [-0.39, 0.29) is 18.6 Å². The summed E-state index contributed by atoms with van der Waals surface area (Å²) in [6, 6.07) is 21.3. The fraction of sp³-hybridized carbons (Fsp3) is 0.438. The fourth-order valence-electron chi connectivity index (χ4n) is 5.55. The molecule has 218 valence electrons. The van der Waals surface area contributed by atoms with Gasteiger partial charge in [0.25, 0.3) is 5.91 Å². The summed E-state index contributed by atoms with van der Waals surface area (Å²) in [6.45, 7) is 5.64. The van der Waals surface area contributed by atoms with Gasteiger partial charge in [0.1, 0.15) is 11.9 Å². The van der Waals surface area contributed by atoms with Crippen molar-refractivity contribution in [3.05, 3.63) is 78.3 Å². The minimum Gasteiger partial charge on any atom is -0.455 e. The molecule has 3 N–H and O–H groups in total. The predicted octanol–water partition coefficient (Wildman–Crippen LogP) is 4.59. The Balaban J connectivity index is 0.991. The highest BCUT2D eigenvalue weighted by Crippen LogP contribution is 2.28. The van der Waals surface area contributed by atoms with Crippen molar-refractivity contribution in [2.75, 3.05) is 51.2 Å². The van der Waals surface area contributed by atoms with Crippen molar-refractivity contribution in [1.82, 2.24) is 15.1 Å². The molecule has 0 unspecified atom stereocenters. The number of ether oxygens (including phenoxy) is 1. The van der Waals surface area contributed by atoms with Crippen molar-refractivity contribution in [1.29, 1.82) is 0 Å². The van der Waals surface area contributed by atoms with Gasteiger partial charge in [-0.25, -0.2) is 4.79 Å². The van der Waals surface area contributed by atoms with Crippen LogP contribution in [-0.4, -0.2) is 78.9 Å². The molecule has 2 aliphatic rings. The number of furan rings is 1. The Kier molecular flexibility index (Phi) is 10.1. The van der Waals surface area contributed by atoms with E-state index < -0.39 is 6.09 Å². The summed E-state index contributed by atoms with van der Waals surface area (Å²) < 4.78 is 11.5. The second-order valence-electron chi connectivity index (χ2n) is 10.9. The van der Waals surface area contributed by atoms with Crippen LogP contribution in [0.2, 0.25) is 0 Å². The van der Waals surface area contributed by atoms with E-state index in [9.17, 15) is 14.7 Å². The molecule has 2 aromatic carbocycles. The van der Waals surface area contributed by atoms with Crippen LogP contribution in [0.4, 0.5) is 10.5 Å². The summed E-state index contributed by atoms with van der Waals surface area (Å²) in [5.41, 5.74) is 2.71. The van der Waals surface area contributed by atoms with Crippen molar-refractivity contribution in [2.45, 2.75) is 38.3 Å². The van der Waals surface area contributed by atoms with Gasteiger partial charge in [-0.3, -0.25) is 15.0 Å². The lowest BCUT2D eigenvalue weighted by Crippen LogP contribution is -2.42. The molecular weight excluding hydrogens is 520 g/mol. The number of anilines is 1. The molecular formula is C32H40N4O5. The average Bonchev–Trinajstić information content (AvgIpc) is 3.48. The van der Waals surface area contributed by atoms with Gasteiger partial charge >= 0.3 is 6.09 Å². The lowest BCUT2D eigenvalue weighted by atomic mass is 9.98. The van der Waals surface area contributed by atoms with Crippen LogP contribution in [0.1, 0.15) is 42.0 Å². The number of benzene rings is 2. The van der Waals surface area contributed by atoms with E-state index in [1.807, 2.05) is 60.7 Å². The number of nitrogens with zero attached hydrogens (tertiary/aromatic N) is 2. The largest absolute Gasteiger partial charge is 0.455 e. The summed E-state index contributed by atoms with van der Waals surface area (Å²) in [7, 11) is 0. The molecule has 0 saturated carbocycles. The third kappa shape index (κ3) is 8.19. The second-order valence-corrected chi connectivity index (χ2v) is 10.9. The van der Waals surface area contributed by atoms with E-state index in [1.54, 1.807) is 6.07 Å². The molecule has 2 amide bonds. The van der Waals surface area contributed by atoms with E-state index in [0.717, 1.165) is 81.0 Å². The van der Waals surface area contributed by atoms with Gasteiger partial charge in [0, 0.05) is 38.3 Å². The number of amides is 2. The van der Waals surface area contributed by atoms with E-state index in [1.165, 1.54) is 0 Å². The number of hydrogen-bond acceptors (Lipinski definition) is 7. The summed E-state index contributed by atoms with van der Waals surface area (Å²) in [5.74, 6) is 1.31. The molecule has 0 bridgehead atoms. The first-order valence-electron chi connectivity index (χ1n) is 14.6.